The number of aliphatic hydroxyl groups excluding tert-OH is 1. The second kappa shape index (κ2) is 7.25. The minimum atomic E-state index is -0.265. The van der Waals surface area contributed by atoms with Crippen LogP contribution in [0.15, 0.2) is 18.3 Å². The van der Waals surface area contributed by atoms with Crippen LogP contribution in [-0.4, -0.2) is 36.3 Å². The average Bonchev–Trinajstić information content (AvgIpc) is 2.33. The molecule has 0 bridgehead atoms. The van der Waals surface area contributed by atoms with Gasteiger partial charge in [-0.3, -0.25) is 0 Å². The molecule has 4 nitrogen and oxygen atoms in total. The lowest BCUT2D eigenvalue weighted by Crippen LogP contribution is -2.25. The van der Waals surface area contributed by atoms with Crippen LogP contribution in [0.5, 0.6) is 0 Å². The average molecular weight is 237 g/mol. The summed E-state index contributed by atoms with van der Waals surface area (Å²) in [4.78, 5) is 6.51. The van der Waals surface area contributed by atoms with Crippen molar-refractivity contribution in [3.05, 3.63) is 23.9 Å². The molecule has 0 aliphatic heterocycles. The summed E-state index contributed by atoms with van der Waals surface area (Å²) >= 11 is 0. The van der Waals surface area contributed by atoms with Gasteiger partial charge in [0.15, 0.2) is 0 Å². The molecular formula is C13H23N3O. The third-order valence-electron chi connectivity index (χ3n) is 2.68. The Balaban J connectivity index is 2.67. The summed E-state index contributed by atoms with van der Waals surface area (Å²) in [6.07, 6.45) is 2.30. The zero-order valence-electron chi connectivity index (χ0n) is 11.0. The Morgan fingerprint density at radius 3 is 2.94 bits per heavy atom. The minimum absolute atomic E-state index is 0.265. The van der Waals surface area contributed by atoms with Crippen molar-refractivity contribution in [3.63, 3.8) is 0 Å². The van der Waals surface area contributed by atoms with E-state index in [4.69, 9.17) is 0 Å². The molecule has 0 saturated heterocycles. The van der Waals surface area contributed by atoms with E-state index in [2.05, 4.69) is 28.2 Å². The summed E-state index contributed by atoms with van der Waals surface area (Å²) in [5.74, 6) is 0.995. The third-order valence-corrected chi connectivity index (χ3v) is 2.68. The van der Waals surface area contributed by atoms with Gasteiger partial charge >= 0.3 is 0 Å². The van der Waals surface area contributed by atoms with Crippen LogP contribution in [0.25, 0.3) is 0 Å². The Labute approximate surface area is 104 Å². The van der Waals surface area contributed by atoms with E-state index in [0.717, 1.165) is 31.9 Å². The molecule has 96 valence electrons. The first-order valence-corrected chi connectivity index (χ1v) is 6.19. The van der Waals surface area contributed by atoms with E-state index in [9.17, 15) is 5.11 Å². The molecule has 4 heteroatoms. The van der Waals surface area contributed by atoms with Crippen molar-refractivity contribution in [2.45, 2.75) is 32.9 Å². The van der Waals surface area contributed by atoms with Gasteiger partial charge in [0.05, 0.1) is 6.10 Å². The number of anilines is 1. The molecule has 0 aromatic carbocycles. The molecule has 1 unspecified atom stereocenters. The van der Waals surface area contributed by atoms with Gasteiger partial charge in [-0.2, -0.15) is 0 Å². The molecule has 0 saturated carbocycles. The quantitative estimate of drug-likeness (QED) is 0.752. The summed E-state index contributed by atoms with van der Waals surface area (Å²) in [5.41, 5.74) is 1.20. The Bertz CT molecular complexity index is 328. The predicted octanol–water partition coefficient (Wildman–Crippen LogP) is 1.40. The van der Waals surface area contributed by atoms with Gasteiger partial charge in [-0.1, -0.05) is 13.0 Å². The maximum absolute atomic E-state index is 9.30. The topological polar surface area (TPSA) is 48.4 Å². The van der Waals surface area contributed by atoms with Gasteiger partial charge in [0.2, 0.25) is 0 Å². The molecule has 0 radical (unpaired) electrons. The Hall–Kier alpha value is -1.13. The van der Waals surface area contributed by atoms with Crippen LogP contribution in [0.3, 0.4) is 0 Å². The van der Waals surface area contributed by atoms with Crippen molar-refractivity contribution in [1.82, 2.24) is 10.3 Å². The number of hydrogen-bond donors (Lipinski definition) is 2. The summed E-state index contributed by atoms with van der Waals surface area (Å²) < 4.78 is 0. The Morgan fingerprint density at radius 2 is 2.29 bits per heavy atom. The largest absolute Gasteiger partial charge is 0.393 e. The summed E-state index contributed by atoms with van der Waals surface area (Å²) in [7, 11) is 2.01. The smallest absolute Gasteiger partial charge is 0.132 e. The van der Waals surface area contributed by atoms with Gasteiger partial charge in [-0.25, -0.2) is 4.98 Å². The predicted molar refractivity (Wildman–Crippen MR) is 71.2 cm³/mol. The number of nitrogens with one attached hydrogen (secondary N) is 1. The van der Waals surface area contributed by atoms with E-state index in [-0.39, 0.29) is 6.10 Å². The summed E-state index contributed by atoms with van der Waals surface area (Å²) in [5, 5.41) is 12.6. The van der Waals surface area contributed by atoms with E-state index in [1.807, 2.05) is 26.2 Å². The zero-order valence-corrected chi connectivity index (χ0v) is 11.0. The third kappa shape index (κ3) is 4.71. The van der Waals surface area contributed by atoms with Gasteiger partial charge in [-0.15, -0.1) is 0 Å². The normalized spacial score (nSPS) is 12.5. The van der Waals surface area contributed by atoms with E-state index in [0.29, 0.717) is 0 Å². The van der Waals surface area contributed by atoms with Crippen LogP contribution in [0, 0.1) is 0 Å². The van der Waals surface area contributed by atoms with E-state index < -0.39 is 0 Å². The van der Waals surface area contributed by atoms with Crippen LogP contribution >= 0.6 is 0 Å². The molecule has 0 aliphatic carbocycles. The van der Waals surface area contributed by atoms with Crippen LogP contribution in [-0.2, 0) is 6.54 Å². The number of rotatable bonds is 7. The summed E-state index contributed by atoms with van der Waals surface area (Å²) in [6.45, 7) is 6.50. The van der Waals surface area contributed by atoms with Crippen molar-refractivity contribution in [2.24, 2.45) is 0 Å². The number of aliphatic hydroxyl groups is 1. The molecule has 1 rings (SSSR count). The lowest BCUT2D eigenvalue weighted by molar-refractivity contribution is 0.187. The lowest BCUT2D eigenvalue weighted by Gasteiger charge is -2.21. The second-order valence-corrected chi connectivity index (χ2v) is 4.33. The van der Waals surface area contributed by atoms with Gasteiger partial charge in [0, 0.05) is 31.9 Å². The molecule has 0 amide bonds. The number of pyridine rings is 1. The fraction of sp³-hybridized carbons (Fsp3) is 0.615. The molecule has 1 aromatic rings. The highest BCUT2D eigenvalue weighted by molar-refractivity contribution is 5.45. The first-order valence-electron chi connectivity index (χ1n) is 6.19. The Kier molecular flexibility index (Phi) is 5.94. The highest BCUT2D eigenvalue weighted by Crippen LogP contribution is 2.15. The highest BCUT2D eigenvalue weighted by atomic mass is 16.3. The van der Waals surface area contributed by atoms with Crippen LogP contribution < -0.4 is 10.2 Å². The molecule has 1 aromatic heterocycles. The highest BCUT2D eigenvalue weighted by Gasteiger charge is 2.08. The summed E-state index contributed by atoms with van der Waals surface area (Å²) in [6, 6.07) is 4.04. The van der Waals surface area contributed by atoms with Crippen LogP contribution in [0.2, 0.25) is 0 Å². The first-order chi connectivity index (χ1) is 8.15. The van der Waals surface area contributed by atoms with Crippen molar-refractivity contribution in [2.75, 3.05) is 25.0 Å². The fourth-order valence-corrected chi connectivity index (χ4v) is 1.66. The standard InChI is InChI=1S/C13H23N3O/c1-4-14-10-12-6-5-8-15-13(12)16(3)9-7-11(2)17/h5-6,8,11,14,17H,4,7,9-10H2,1-3H3. The van der Waals surface area contributed by atoms with Crippen molar-refractivity contribution < 1.29 is 5.11 Å². The van der Waals surface area contributed by atoms with E-state index >= 15 is 0 Å². The molecule has 1 heterocycles. The van der Waals surface area contributed by atoms with Crippen molar-refractivity contribution in [3.8, 4) is 0 Å². The molecule has 0 aliphatic rings. The van der Waals surface area contributed by atoms with Crippen LogP contribution in [0.4, 0.5) is 5.82 Å². The second-order valence-electron chi connectivity index (χ2n) is 4.33. The number of aromatic nitrogens is 1. The molecule has 17 heavy (non-hydrogen) atoms. The molecular weight excluding hydrogens is 214 g/mol. The van der Waals surface area contributed by atoms with Crippen molar-refractivity contribution in [1.29, 1.82) is 0 Å². The Morgan fingerprint density at radius 1 is 1.53 bits per heavy atom. The van der Waals surface area contributed by atoms with Crippen molar-refractivity contribution >= 4 is 5.82 Å². The fourth-order valence-electron chi connectivity index (χ4n) is 1.66. The van der Waals surface area contributed by atoms with Crippen LogP contribution in [0.1, 0.15) is 25.8 Å². The molecule has 0 spiro atoms. The van der Waals surface area contributed by atoms with Gasteiger partial charge < -0.3 is 15.3 Å². The maximum atomic E-state index is 9.30. The SMILES string of the molecule is CCNCc1cccnc1N(C)CCC(C)O. The molecule has 2 N–H and O–H groups in total. The van der Waals surface area contributed by atoms with Gasteiger partial charge in [-0.05, 0) is 26.0 Å². The number of hydrogen-bond acceptors (Lipinski definition) is 4. The molecule has 1 atom stereocenters. The lowest BCUT2D eigenvalue weighted by atomic mass is 10.2. The number of nitrogens with zero attached hydrogens (tertiary/aromatic N) is 2. The van der Waals surface area contributed by atoms with Gasteiger partial charge in [0.25, 0.3) is 0 Å². The van der Waals surface area contributed by atoms with Gasteiger partial charge in [0.1, 0.15) is 5.82 Å². The monoisotopic (exact) mass is 237 g/mol. The van der Waals surface area contributed by atoms with E-state index in [1.165, 1.54) is 5.56 Å². The van der Waals surface area contributed by atoms with E-state index in [1.54, 1.807) is 0 Å². The molecule has 0 fully saturated rings. The minimum Gasteiger partial charge on any atom is -0.393 e. The maximum Gasteiger partial charge on any atom is 0.132 e. The first kappa shape index (κ1) is 13.9. The zero-order chi connectivity index (χ0) is 12.7.